The molecule has 4 aromatic rings. The molecule has 2 aliphatic rings. The first-order valence-corrected chi connectivity index (χ1v) is 22.6. The van der Waals surface area contributed by atoms with Crippen LogP contribution in [0.25, 0.3) is 16.7 Å². The fourth-order valence-corrected chi connectivity index (χ4v) is 8.35. The number of nitrogens with zero attached hydrogens (tertiary/aromatic N) is 7. The zero-order chi connectivity index (χ0) is 40.6. The van der Waals surface area contributed by atoms with E-state index in [0.717, 1.165) is 73.3 Å². The Labute approximate surface area is 331 Å². The van der Waals surface area contributed by atoms with Crippen molar-refractivity contribution in [1.29, 1.82) is 0 Å². The van der Waals surface area contributed by atoms with Gasteiger partial charge in [-0.05, 0) is 84.4 Å². The van der Waals surface area contributed by atoms with E-state index in [0.29, 0.717) is 35.6 Å². The highest BCUT2D eigenvalue weighted by atomic mass is 28.4. The minimum atomic E-state index is -1.98. The van der Waals surface area contributed by atoms with Crippen LogP contribution < -0.4 is 29.7 Å². The number of hydrogen-bond donors (Lipinski definition) is 2. The molecule has 1 atom stereocenters. The number of anilines is 3. The van der Waals surface area contributed by atoms with Crippen LogP contribution in [0, 0.1) is 6.92 Å². The average Bonchev–Trinajstić information content (AvgIpc) is 3.88. The summed E-state index contributed by atoms with van der Waals surface area (Å²) in [7, 11) is 2.79. The monoisotopic (exact) mass is 791 g/mol. The molecule has 1 amide bonds. The van der Waals surface area contributed by atoms with Gasteiger partial charge in [-0.15, -0.1) is 0 Å². The highest BCUT2D eigenvalue weighted by molar-refractivity contribution is 6.74. The maximum absolute atomic E-state index is 12.5. The molecular weight excluding hydrogens is 731 g/mol. The normalized spacial score (nSPS) is 19.3. The zero-order valence-electron chi connectivity index (χ0n) is 35.3. The van der Waals surface area contributed by atoms with E-state index in [4.69, 9.17) is 38.4 Å². The lowest BCUT2D eigenvalue weighted by atomic mass is 9.91. The number of rotatable bonds is 12. The van der Waals surface area contributed by atoms with E-state index in [1.165, 1.54) is 0 Å². The molecular formula is C40H61N9O6Si. The Morgan fingerprint density at radius 3 is 2.23 bits per heavy atom. The second-order valence-corrected chi connectivity index (χ2v) is 22.3. The molecule has 1 aliphatic carbocycles. The number of benzene rings is 1. The number of imidazole rings is 1. The number of alkyl carbamates (subject to hydrolysis) is 1. The Morgan fingerprint density at radius 2 is 1.62 bits per heavy atom. The molecule has 1 saturated carbocycles. The molecule has 2 fully saturated rings. The molecule has 0 unspecified atom stereocenters. The summed E-state index contributed by atoms with van der Waals surface area (Å²) in [6, 6.07) is 4.05. The van der Waals surface area contributed by atoms with E-state index < -0.39 is 13.9 Å². The fourth-order valence-electron chi connectivity index (χ4n) is 7.31. The van der Waals surface area contributed by atoms with Gasteiger partial charge in [-0.25, -0.2) is 14.5 Å². The van der Waals surface area contributed by atoms with Crippen LogP contribution in [0.15, 0.2) is 24.7 Å². The van der Waals surface area contributed by atoms with Gasteiger partial charge in [-0.3, -0.25) is 0 Å². The standard InChI is InChI=1S/C40H61N9O6Si/c1-25-33-35(48-19-13-14-28(48)23-54-56(11,12)40(5,6)7)44-37(43-32-22-47(24-41-32)29-20-30(51-8)34(53-10)31(21-29)52-9)45-36(33)49(46-25)27-17-15-26(16-18-27)42-38(50)55-39(2,3)4/h20-22,24,26-28H,13-19,23H2,1-12H3,(H,42,50)(H,43,44,45)/t26-,27-,28-/m0/s1. The summed E-state index contributed by atoms with van der Waals surface area (Å²) in [6.07, 6.45) is 8.58. The number of methoxy groups -OCH3 is 3. The smallest absolute Gasteiger partial charge is 0.407 e. The van der Waals surface area contributed by atoms with Crippen LogP contribution in [0.5, 0.6) is 17.2 Å². The summed E-state index contributed by atoms with van der Waals surface area (Å²) >= 11 is 0. The third-order valence-electron chi connectivity index (χ3n) is 11.3. The zero-order valence-corrected chi connectivity index (χ0v) is 36.3. The van der Waals surface area contributed by atoms with Crippen molar-refractivity contribution >= 4 is 43.0 Å². The summed E-state index contributed by atoms with van der Waals surface area (Å²) in [5.74, 6) is 3.45. The summed E-state index contributed by atoms with van der Waals surface area (Å²) in [5, 5.41) is 12.7. The van der Waals surface area contributed by atoms with E-state index in [1.807, 2.05) is 50.6 Å². The molecule has 0 spiro atoms. The lowest BCUT2D eigenvalue weighted by Crippen LogP contribution is -2.45. The van der Waals surface area contributed by atoms with E-state index in [2.05, 4.69) is 59.1 Å². The van der Waals surface area contributed by atoms with Crippen molar-refractivity contribution in [2.45, 2.75) is 129 Å². The Hall–Kier alpha value is -4.57. The largest absolute Gasteiger partial charge is 0.493 e. The Kier molecular flexibility index (Phi) is 11.8. The van der Waals surface area contributed by atoms with Crippen LogP contribution in [0.4, 0.5) is 22.4 Å². The second kappa shape index (κ2) is 16.1. The van der Waals surface area contributed by atoms with Gasteiger partial charge in [0.2, 0.25) is 11.7 Å². The number of carbonyl (C=O) groups is 1. The summed E-state index contributed by atoms with van der Waals surface area (Å²) in [5.41, 5.74) is 1.90. The molecule has 56 heavy (non-hydrogen) atoms. The number of amides is 1. The van der Waals surface area contributed by atoms with Crippen molar-refractivity contribution in [2.24, 2.45) is 0 Å². The number of carbonyl (C=O) groups excluding carboxylic acids is 1. The summed E-state index contributed by atoms with van der Waals surface area (Å²) < 4.78 is 33.0. The molecule has 4 heterocycles. The van der Waals surface area contributed by atoms with Crippen LogP contribution in [0.2, 0.25) is 18.1 Å². The van der Waals surface area contributed by atoms with Crippen molar-refractivity contribution in [3.63, 3.8) is 0 Å². The highest BCUT2D eigenvalue weighted by Gasteiger charge is 2.39. The van der Waals surface area contributed by atoms with Gasteiger partial charge in [0, 0.05) is 24.7 Å². The lowest BCUT2D eigenvalue weighted by Gasteiger charge is -2.38. The van der Waals surface area contributed by atoms with Crippen molar-refractivity contribution in [3.05, 3.63) is 30.4 Å². The highest BCUT2D eigenvalue weighted by Crippen LogP contribution is 2.41. The molecule has 0 radical (unpaired) electrons. The Bertz CT molecular complexity index is 1980. The number of fused-ring (bicyclic) bond motifs is 1. The summed E-state index contributed by atoms with van der Waals surface area (Å²) in [6.45, 7) is 20.6. The molecule has 6 rings (SSSR count). The van der Waals surface area contributed by atoms with Gasteiger partial charge in [-0.1, -0.05) is 20.8 Å². The minimum absolute atomic E-state index is 0.0402. The van der Waals surface area contributed by atoms with E-state index in [1.54, 1.807) is 27.7 Å². The molecule has 1 saturated heterocycles. The van der Waals surface area contributed by atoms with Gasteiger partial charge in [0.1, 0.15) is 17.7 Å². The van der Waals surface area contributed by atoms with Crippen LogP contribution in [0.3, 0.4) is 0 Å². The predicted molar refractivity (Wildman–Crippen MR) is 221 cm³/mol. The van der Waals surface area contributed by atoms with Crippen molar-refractivity contribution in [3.8, 4) is 22.9 Å². The molecule has 0 bridgehead atoms. The molecule has 306 valence electrons. The minimum Gasteiger partial charge on any atom is -0.493 e. The van der Waals surface area contributed by atoms with Gasteiger partial charge in [-0.2, -0.15) is 15.1 Å². The van der Waals surface area contributed by atoms with Crippen molar-refractivity contribution < 1.29 is 28.2 Å². The van der Waals surface area contributed by atoms with E-state index in [9.17, 15) is 4.79 Å². The first kappa shape index (κ1) is 41.1. The molecule has 1 aliphatic heterocycles. The van der Waals surface area contributed by atoms with Gasteiger partial charge >= 0.3 is 6.09 Å². The average molecular weight is 792 g/mol. The van der Waals surface area contributed by atoms with E-state index in [-0.39, 0.29) is 29.3 Å². The first-order valence-electron chi connectivity index (χ1n) is 19.7. The topological polar surface area (TPSA) is 152 Å². The Morgan fingerprint density at radius 1 is 0.946 bits per heavy atom. The third-order valence-corrected chi connectivity index (χ3v) is 15.8. The molecule has 15 nitrogen and oxygen atoms in total. The number of aryl methyl sites for hydroxylation is 1. The van der Waals surface area contributed by atoms with Gasteiger partial charge in [0.25, 0.3) is 0 Å². The van der Waals surface area contributed by atoms with Crippen molar-refractivity contribution in [1.82, 2.24) is 34.6 Å². The van der Waals surface area contributed by atoms with Gasteiger partial charge in [0.15, 0.2) is 31.3 Å². The number of nitrogens with one attached hydrogen (secondary N) is 2. The quantitative estimate of drug-likeness (QED) is 0.133. The van der Waals surface area contributed by atoms with Crippen LogP contribution >= 0.6 is 0 Å². The predicted octanol–water partition coefficient (Wildman–Crippen LogP) is 8.09. The third kappa shape index (κ3) is 8.85. The number of hydrogen-bond acceptors (Lipinski definition) is 12. The molecule has 3 aromatic heterocycles. The maximum Gasteiger partial charge on any atom is 0.407 e. The lowest BCUT2D eigenvalue weighted by molar-refractivity contribution is 0.0487. The SMILES string of the molecule is COc1cc(-n2cnc(Nc3nc(N4CCC[C@H]4CO[Si](C)(C)C(C)(C)C)c4c(C)nn([C@H]5CC[C@H](NC(=O)OC(C)(C)C)CC5)c4n3)c2)cc(OC)c1OC. The second-order valence-electron chi connectivity index (χ2n) is 17.5. The maximum atomic E-state index is 12.5. The number of aromatic nitrogens is 6. The van der Waals surface area contributed by atoms with E-state index >= 15 is 0 Å². The first-order chi connectivity index (χ1) is 26.4. The van der Waals surface area contributed by atoms with Crippen LogP contribution in [-0.4, -0.2) is 95.9 Å². The van der Waals surface area contributed by atoms with Crippen molar-refractivity contribution in [2.75, 3.05) is 44.7 Å². The van der Waals surface area contributed by atoms with Gasteiger partial charge < -0.3 is 43.5 Å². The van der Waals surface area contributed by atoms with Gasteiger partial charge in [0.05, 0.1) is 63.0 Å². The molecule has 16 heteroatoms. The Balaban J connectivity index is 1.33. The number of ether oxygens (including phenoxy) is 4. The van der Waals surface area contributed by atoms with Crippen LogP contribution in [0.1, 0.15) is 91.8 Å². The fraction of sp³-hybridized carbons (Fsp3) is 0.625. The molecule has 2 N–H and O–H groups in total. The summed E-state index contributed by atoms with van der Waals surface area (Å²) in [4.78, 5) is 30.0. The molecule has 1 aromatic carbocycles. The van der Waals surface area contributed by atoms with Crippen LogP contribution in [-0.2, 0) is 9.16 Å².